The van der Waals surface area contributed by atoms with Crippen LogP contribution in [0.5, 0.6) is 0 Å². The molecule has 0 radical (unpaired) electrons. The summed E-state index contributed by atoms with van der Waals surface area (Å²) >= 11 is 0. The number of carbonyl (C=O) groups excluding carboxylic acids is 2. The van der Waals surface area contributed by atoms with Crippen molar-refractivity contribution in [1.29, 1.82) is 0 Å². The van der Waals surface area contributed by atoms with E-state index >= 15 is 0 Å². The molecule has 4 N–H and O–H groups in total. The molecule has 2 aromatic carbocycles. The Labute approximate surface area is 192 Å². The molecule has 0 saturated heterocycles. The van der Waals surface area contributed by atoms with Crippen LogP contribution in [0.2, 0.25) is 0 Å². The quantitative estimate of drug-likeness (QED) is 0.330. The first-order valence-corrected chi connectivity index (χ1v) is 10.8. The van der Waals surface area contributed by atoms with Crippen molar-refractivity contribution in [1.82, 2.24) is 16.0 Å². The number of hydrogen-bond acceptors (Lipinski definition) is 4. The van der Waals surface area contributed by atoms with Gasteiger partial charge in [0.25, 0.3) is 5.91 Å². The highest BCUT2D eigenvalue weighted by Gasteiger charge is 2.24. The van der Waals surface area contributed by atoms with Gasteiger partial charge in [0.15, 0.2) is 5.96 Å². The Morgan fingerprint density at radius 2 is 1.94 bits per heavy atom. The number of benzene rings is 2. The minimum absolute atomic E-state index is 0.0191. The second-order valence-corrected chi connectivity index (χ2v) is 7.81. The highest BCUT2D eigenvalue weighted by Crippen LogP contribution is 2.31. The molecule has 2 heterocycles. The molecule has 3 aromatic rings. The van der Waals surface area contributed by atoms with Gasteiger partial charge in [-0.25, -0.2) is 0 Å². The highest BCUT2D eigenvalue weighted by atomic mass is 16.3. The third-order valence-corrected chi connectivity index (χ3v) is 5.50. The topological polar surface area (TPSA) is 108 Å². The summed E-state index contributed by atoms with van der Waals surface area (Å²) in [5, 5.41) is 12.4. The van der Waals surface area contributed by atoms with Crippen LogP contribution in [0.25, 0.3) is 0 Å². The lowest BCUT2D eigenvalue weighted by Crippen LogP contribution is -2.40. The lowest BCUT2D eigenvalue weighted by Gasteiger charge is -2.26. The zero-order valence-electron chi connectivity index (χ0n) is 18.4. The van der Waals surface area contributed by atoms with E-state index in [9.17, 15) is 9.59 Å². The zero-order chi connectivity index (χ0) is 23.0. The van der Waals surface area contributed by atoms with Gasteiger partial charge in [0.2, 0.25) is 5.91 Å². The molecule has 1 unspecified atom stereocenters. The molecule has 2 amide bonds. The molecule has 8 nitrogen and oxygen atoms in total. The number of para-hydroxylation sites is 1. The molecule has 0 aliphatic carbocycles. The van der Waals surface area contributed by atoms with Crippen LogP contribution in [0.15, 0.2) is 76.3 Å². The van der Waals surface area contributed by atoms with E-state index in [4.69, 9.17) is 4.42 Å². The lowest BCUT2D eigenvalue weighted by molar-refractivity contribution is -0.116. The molecule has 1 aliphatic heterocycles. The highest BCUT2D eigenvalue weighted by molar-refractivity contribution is 5.95. The number of hydrogen-bond donors (Lipinski definition) is 4. The van der Waals surface area contributed by atoms with E-state index in [0.717, 1.165) is 16.8 Å². The first-order valence-electron chi connectivity index (χ1n) is 10.8. The maximum Gasteiger partial charge on any atom is 0.251 e. The van der Waals surface area contributed by atoms with Gasteiger partial charge in [-0.1, -0.05) is 30.3 Å². The summed E-state index contributed by atoms with van der Waals surface area (Å²) in [6.45, 7) is 1.42. The predicted molar refractivity (Wildman–Crippen MR) is 127 cm³/mol. The van der Waals surface area contributed by atoms with E-state index in [1.807, 2.05) is 48.5 Å². The van der Waals surface area contributed by atoms with Crippen molar-refractivity contribution in [2.75, 3.05) is 18.9 Å². The summed E-state index contributed by atoms with van der Waals surface area (Å²) in [5.74, 6) is 1.26. The fraction of sp³-hybridized carbons (Fsp3) is 0.240. The second kappa shape index (κ2) is 10.5. The van der Waals surface area contributed by atoms with Crippen LogP contribution in [0.3, 0.4) is 0 Å². The van der Waals surface area contributed by atoms with Crippen molar-refractivity contribution in [3.05, 3.63) is 89.4 Å². The number of carbonyl (C=O) groups is 2. The van der Waals surface area contributed by atoms with E-state index in [-0.39, 0.29) is 17.7 Å². The molecule has 8 heteroatoms. The van der Waals surface area contributed by atoms with Crippen LogP contribution >= 0.6 is 0 Å². The average Bonchev–Trinajstić information content (AvgIpc) is 3.36. The van der Waals surface area contributed by atoms with E-state index in [1.54, 1.807) is 25.4 Å². The van der Waals surface area contributed by atoms with Crippen molar-refractivity contribution in [3.8, 4) is 0 Å². The number of nitrogens with one attached hydrogen (secondary N) is 4. The molecular weight excluding hydrogens is 418 g/mol. The van der Waals surface area contributed by atoms with Crippen molar-refractivity contribution >= 4 is 23.5 Å². The van der Waals surface area contributed by atoms with Crippen molar-refractivity contribution in [2.45, 2.75) is 25.4 Å². The molecular formula is C25H27N5O3. The summed E-state index contributed by atoms with van der Waals surface area (Å²) < 4.78 is 5.25. The van der Waals surface area contributed by atoms with Gasteiger partial charge in [0, 0.05) is 43.7 Å². The minimum Gasteiger partial charge on any atom is -0.467 e. The van der Waals surface area contributed by atoms with Gasteiger partial charge >= 0.3 is 0 Å². The van der Waals surface area contributed by atoms with Crippen LogP contribution in [0, 0.1) is 0 Å². The van der Waals surface area contributed by atoms with Crippen molar-refractivity contribution < 1.29 is 14.0 Å². The van der Waals surface area contributed by atoms with Gasteiger partial charge in [-0.05, 0) is 41.5 Å². The van der Waals surface area contributed by atoms with Crippen LogP contribution in [-0.2, 0) is 17.9 Å². The number of aliphatic imine (C=N–C) groups is 1. The number of amides is 2. The molecule has 0 saturated carbocycles. The molecule has 0 fully saturated rings. The van der Waals surface area contributed by atoms with E-state index in [2.05, 4.69) is 26.3 Å². The maximum absolute atomic E-state index is 12.4. The second-order valence-electron chi connectivity index (χ2n) is 7.81. The van der Waals surface area contributed by atoms with Gasteiger partial charge in [-0.15, -0.1) is 0 Å². The molecule has 0 spiro atoms. The van der Waals surface area contributed by atoms with E-state index in [0.29, 0.717) is 43.3 Å². The van der Waals surface area contributed by atoms with Crippen molar-refractivity contribution in [2.24, 2.45) is 4.99 Å². The summed E-state index contributed by atoms with van der Waals surface area (Å²) in [6, 6.07) is 18.9. The summed E-state index contributed by atoms with van der Waals surface area (Å²) in [6.07, 6.45) is 2.01. The number of guanidine groups is 1. The number of furan rings is 1. The largest absolute Gasteiger partial charge is 0.467 e. The SMILES string of the molecule is CN=C(NCc1cccc(C(=O)NCc2ccco2)c1)NCC1CC(=O)Nc2ccccc21. The molecule has 0 bridgehead atoms. The maximum atomic E-state index is 12.4. The number of nitrogens with zero attached hydrogens (tertiary/aromatic N) is 1. The summed E-state index contributed by atoms with van der Waals surface area (Å²) in [7, 11) is 1.70. The van der Waals surface area contributed by atoms with Crippen LogP contribution in [0.4, 0.5) is 5.69 Å². The zero-order valence-corrected chi connectivity index (χ0v) is 18.4. The monoisotopic (exact) mass is 445 g/mol. The third kappa shape index (κ3) is 5.79. The van der Waals surface area contributed by atoms with Crippen LogP contribution < -0.4 is 21.3 Å². The van der Waals surface area contributed by atoms with Gasteiger partial charge in [0.05, 0.1) is 12.8 Å². The molecule has 170 valence electrons. The molecule has 1 atom stereocenters. The molecule has 1 aliphatic rings. The van der Waals surface area contributed by atoms with Gasteiger partial charge < -0.3 is 25.7 Å². The first kappa shape index (κ1) is 22.1. The standard InChI is InChI=1S/C25H27N5O3/c1-26-25(29-15-19-13-23(31)30-22-10-3-2-9-21(19)22)28-14-17-6-4-7-18(12-17)24(32)27-16-20-8-5-11-33-20/h2-12,19H,13-16H2,1H3,(H,27,32)(H,30,31)(H2,26,28,29). The number of rotatable bonds is 7. The van der Waals surface area contributed by atoms with E-state index < -0.39 is 0 Å². The Balaban J connectivity index is 1.30. The van der Waals surface area contributed by atoms with Crippen molar-refractivity contribution in [3.63, 3.8) is 0 Å². The Morgan fingerprint density at radius 1 is 1.06 bits per heavy atom. The predicted octanol–water partition coefficient (Wildman–Crippen LogP) is 3.00. The number of anilines is 1. The Kier molecular flexibility index (Phi) is 7.04. The fourth-order valence-electron chi connectivity index (χ4n) is 3.82. The van der Waals surface area contributed by atoms with Gasteiger partial charge in [0.1, 0.15) is 5.76 Å². The van der Waals surface area contributed by atoms with Crippen LogP contribution in [-0.4, -0.2) is 31.4 Å². The lowest BCUT2D eigenvalue weighted by atomic mass is 9.90. The molecule has 1 aromatic heterocycles. The van der Waals surface area contributed by atoms with Crippen LogP contribution in [0.1, 0.15) is 39.6 Å². The number of fused-ring (bicyclic) bond motifs is 1. The minimum atomic E-state index is -0.162. The average molecular weight is 446 g/mol. The van der Waals surface area contributed by atoms with E-state index in [1.165, 1.54) is 0 Å². The van der Waals surface area contributed by atoms with Gasteiger partial charge in [-0.2, -0.15) is 0 Å². The first-order chi connectivity index (χ1) is 16.1. The summed E-state index contributed by atoms with van der Waals surface area (Å²) in [5.41, 5.74) is 3.51. The molecule has 4 rings (SSSR count). The fourth-order valence-corrected chi connectivity index (χ4v) is 3.82. The normalized spacial score (nSPS) is 15.4. The third-order valence-electron chi connectivity index (χ3n) is 5.50. The van der Waals surface area contributed by atoms with Gasteiger partial charge in [-0.3, -0.25) is 14.6 Å². The Morgan fingerprint density at radius 3 is 2.76 bits per heavy atom. The smallest absolute Gasteiger partial charge is 0.251 e. The Bertz CT molecular complexity index is 1140. The summed E-state index contributed by atoms with van der Waals surface area (Å²) in [4.78, 5) is 28.8. The Hall–Kier alpha value is -4.07. The molecule has 33 heavy (non-hydrogen) atoms.